The third kappa shape index (κ3) is 6.17. The molecule has 0 unspecified atom stereocenters. The fourth-order valence-electron chi connectivity index (χ4n) is 3.28. The van der Waals surface area contributed by atoms with Gasteiger partial charge in [0.25, 0.3) is 5.91 Å². The Hall–Kier alpha value is -3.33. The summed E-state index contributed by atoms with van der Waals surface area (Å²) in [7, 11) is 3.19. The van der Waals surface area contributed by atoms with Crippen LogP contribution in [0.15, 0.2) is 52.7 Å². The Morgan fingerprint density at radius 2 is 1.79 bits per heavy atom. The highest BCUT2D eigenvalue weighted by Crippen LogP contribution is 2.32. The highest BCUT2D eigenvalue weighted by molar-refractivity contribution is 7.99. The van der Waals surface area contributed by atoms with Crippen molar-refractivity contribution in [3.8, 4) is 22.9 Å². The maximum Gasteiger partial charge on any atom is 0.250 e. The van der Waals surface area contributed by atoms with Gasteiger partial charge in [0.15, 0.2) is 22.5 Å². The summed E-state index contributed by atoms with van der Waals surface area (Å²) in [6.45, 7) is 9.18. The molecule has 0 atom stereocenters. The van der Waals surface area contributed by atoms with Crippen molar-refractivity contribution in [2.45, 2.75) is 44.8 Å². The van der Waals surface area contributed by atoms with Gasteiger partial charge in [-0.15, -0.1) is 10.2 Å². The molecule has 0 aliphatic carbocycles. The van der Waals surface area contributed by atoms with Gasteiger partial charge in [0.05, 0.1) is 26.2 Å². The molecule has 34 heavy (non-hydrogen) atoms. The quantitative estimate of drug-likeness (QED) is 0.274. The minimum Gasteiger partial charge on any atom is -0.493 e. The smallest absolute Gasteiger partial charge is 0.250 e. The van der Waals surface area contributed by atoms with Crippen molar-refractivity contribution in [1.82, 2.24) is 20.2 Å². The molecule has 8 nitrogen and oxygen atoms in total. The monoisotopic (exact) mass is 481 g/mol. The van der Waals surface area contributed by atoms with E-state index >= 15 is 0 Å². The van der Waals surface area contributed by atoms with Crippen molar-refractivity contribution in [1.29, 1.82) is 0 Å². The van der Waals surface area contributed by atoms with Crippen LogP contribution in [0.25, 0.3) is 11.4 Å². The summed E-state index contributed by atoms with van der Waals surface area (Å²) in [5.41, 5.74) is 5.69. The van der Waals surface area contributed by atoms with Crippen LogP contribution in [0, 0.1) is 0 Å². The largest absolute Gasteiger partial charge is 0.493 e. The lowest BCUT2D eigenvalue weighted by atomic mass is 9.87. The fraction of sp³-hybridized carbons (Fsp3) is 0.360. The van der Waals surface area contributed by atoms with Crippen LogP contribution in [-0.2, 0) is 16.8 Å². The second kappa shape index (κ2) is 11.2. The summed E-state index contributed by atoms with van der Waals surface area (Å²) in [4.78, 5) is 12.3. The molecule has 0 saturated heterocycles. The highest BCUT2D eigenvalue weighted by atomic mass is 32.2. The van der Waals surface area contributed by atoms with Crippen molar-refractivity contribution in [3.63, 3.8) is 0 Å². The van der Waals surface area contributed by atoms with E-state index in [-0.39, 0.29) is 17.1 Å². The molecule has 1 amide bonds. The number of carbonyl (C=O) groups is 1. The zero-order chi connectivity index (χ0) is 24.7. The van der Waals surface area contributed by atoms with E-state index in [0.717, 1.165) is 11.1 Å². The van der Waals surface area contributed by atoms with Crippen LogP contribution in [0.5, 0.6) is 11.5 Å². The normalized spacial score (nSPS) is 11.6. The molecule has 3 aromatic rings. The summed E-state index contributed by atoms with van der Waals surface area (Å²) < 4.78 is 12.7. The van der Waals surface area contributed by atoms with Gasteiger partial charge in [0.1, 0.15) is 0 Å². The Labute approximate surface area is 204 Å². The van der Waals surface area contributed by atoms with Gasteiger partial charge in [0, 0.05) is 12.1 Å². The number of methoxy groups -OCH3 is 2. The molecule has 0 spiro atoms. The number of nitrogens with one attached hydrogen (secondary N) is 1. The molecule has 0 aliphatic rings. The summed E-state index contributed by atoms with van der Waals surface area (Å²) in [6.07, 6.45) is 1.64. The minimum absolute atomic E-state index is 0.0967. The lowest BCUT2D eigenvalue weighted by Crippen LogP contribution is -2.20. The summed E-state index contributed by atoms with van der Waals surface area (Å²) >= 11 is 1.31. The molecule has 3 rings (SSSR count). The molecule has 0 bridgehead atoms. The third-order valence-corrected chi connectivity index (χ3v) is 6.15. The first-order valence-electron chi connectivity index (χ1n) is 11.0. The first-order chi connectivity index (χ1) is 16.3. The van der Waals surface area contributed by atoms with Crippen molar-refractivity contribution < 1.29 is 14.3 Å². The van der Waals surface area contributed by atoms with Gasteiger partial charge in [-0.2, -0.15) is 5.10 Å². The molecule has 1 aromatic heterocycles. The second-order valence-corrected chi connectivity index (χ2v) is 9.52. The molecule has 0 aliphatic heterocycles. The Bertz CT molecular complexity index is 1150. The number of rotatable bonds is 9. The average Bonchev–Trinajstić information content (AvgIpc) is 3.25. The minimum atomic E-state index is -0.217. The van der Waals surface area contributed by atoms with Gasteiger partial charge < -0.3 is 14.0 Å². The van der Waals surface area contributed by atoms with Gasteiger partial charge in [-0.1, -0.05) is 56.8 Å². The summed E-state index contributed by atoms with van der Waals surface area (Å²) in [6, 6.07) is 13.7. The van der Waals surface area contributed by atoms with Crippen LogP contribution in [0.3, 0.4) is 0 Å². The Morgan fingerprint density at radius 1 is 1.09 bits per heavy atom. The molecule has 1 heterocycles. The van der Waals surface area contributed by atoms with E-state index in [1.165, 1.54) is 17.3 Å². The number of ether oxygens (including phenoxy) is 2. The van der Waals surface area contributed by atoms with Crippen LogP contribution in [-0.4, -0.2) is 46.9 Å². The summed E-state index contributed by atoms with van der Waals surface area (Å²) in [5, 5.41) is 13.3. The van der Waals surface area contributed by atoms with Crippen LogP contribution in [0.4, 0.5) is 0 Å². The number of thioether (sulfide) groups is 1. The predicted molar refractivity (Wildman–Crippen MR) is 136 cm³/mol. The molecule has 180 valence electrons. The third-order valence-electron chi connectivity index (χ3n) is 5.19. The predicted octanol–water partition coefficient (Wildman–Crippen LogP) is 4.52. The number of benzene rings is 2. The second-order valence-electron chi connectivity index (χ2n) is 8.57. The maximum absolute atomic E-state index is 12.3. The average molecular weight is 482 g/mol. The van der Waals surface area contributed by atoms with Crippen molar-refractivity contribution in [3.05, 3.63) is 53.6 Å². The Balaban J connectivity index is 1.61. The van der Waals surface area contributed by atoms with Gasteiger partial charge in [-0.05, 0) is 41.7 Å². The maximum atomic E-state index is 12.3. The lowest BCUT2D eigenvalue weighted by Gasteiger charge is -2.18. The SMILES string of the molecule is CCn1c(SCC(=O)N/N=C\c2ccc(C(C)(C)C)cc2)nnc1-c1ccc(OC)c(OC)c1. The topological polar surface area (TPSA) is 90.6 Å². The number of carbonyl (C=O) groups excluding carboxylic acids is 1. The number of hydrogen-bond donors (Lipinski definition) is 1. The van der Waals surface area contributed by atoms with E-state index in [1.807, 2.05) is 41.8 Å². The number of amides is 1. The van der Waals surface area contributed by atoms with Crippen molar-refractivity contribution in [2.24, 2.45) is 5.10 Å². The zero-order valence-electron chi connectivity index (χ0n) is 20.5. The molecule has 0 fully saturated rings. The number of hydrazone groups is 1. The first-order valence-corrected chi connectivity index (χ1v) is 12.0. The Kier molecular flexibility index (Phi) is 8.33. The molecule has 1 N–H and O–H groups in total. The van der Waals surface area contributed by atoms with Crippen LogP contribution in [0.2, 0.25) is 0 Å². The van der Waals surface area contributed by atoms with Crippen molar-refractivity contribution >= 4 is 23.9 Å². The van der Waals surface area contributed by atoms with Gasteiger partial charge >= 0.3 is 0 Å². The fourth-order valence-corrected chi connectivity index (χ4v) is 4.07. The van der Waals surface area contributed by atoms with E-state index < -0.39 is 0 Å². The van der Waals surface area contributed by atoms with Crippen molar-refractivity contribution in [2.75, 3.05) is 20.0 Å². The molecule has 9 heteroatoms. The number of hydrogen-bond acceptors (Lipinski definition) is 7. The van der Waals surface area contributed by atoms with Gasteiger partial charge in [0.2, 0.25) is 0 Å². The molecular formula is C25H31N5O3S. The van der Waals surface area contributed by atoms with E-state index in [9.17, 15) is 4.79 Å². The highest BCUT2D eigenvalue weighted by Gasteiger charge is 2.16. The van der Waals surface area contributed by atoms with E-state index in [0.29, 0.717) is 29.0 Å². The molecule has 0 radical (unpaired) electrons. The van der Waals surface area contributed by atoms with Crippen LogP contribution in [0.1, 0.15) is 38.8 Å². The molecule has 0 saturated carbocycles. The molecular weight excluding hydrogens is 450 g/mol. The van der Waals surface area contributed by atoms with Crippen LogP contribution < -0.4 is 14.9 Å². The zero-order valence-corrected chi connectivity index (χ0v) is 21.3. The standard InChI is InChI=1S/C25H31N5O3S/c1-7-30-23(18-10-13-20(32-5)21(14-18)33-6)28-29-24(30)34-16-22(31)27-26-15-17-8-11-19(12-9-17)25(2,3)4/h8-15H,7,16H2,1-6H3,(H,27,31)/b26-15-. The van der Waals surface area contributed by atoms with E-state index in [4.69, 9.17) is 9.47 Å². The van der Waals surface area contributed by atoms with Gasteiger partial charge in [-0.3, -0.25) is 4.79 Å². The lowest BCUT2D eigenvalue weighted by molar-refractivity contribution is -0.118. The molecule has 2 aromatic carbocycles. The van der Waals surface area contributed by atoms with Gasteiger partial charge in [-0.25, -0.2) is 5.43 Å². The summed E-state index contributed by atoms with van der Waals surface area (Å²) in [5.74, 6) is 1.91. The van der Waals surface area contributed by atoms with Crippen LogP contribution >= 0.6 is 11.8 Å². The first kappa shape index (κ1) is 25.3. The van der Waals surface area contributed by atoms with E-state index in [1.54, 1.807) is 20.4 Å². The number of aromatic nitrogens is 3. The number of nitrogens with zero attached hydrogens (tertiary/aromatic N) is 4. The Morgan fingerprint density at radius 3 is 2.41 bits per heavy atom. The van der Waals surface area contributed by atoms with E-state index in [2.05, 4.69) is 53.6 Å².